The highest BCUT2D eigenvalue weighted by molar-refractivity contribution is 14.1. The minimum atomic E-state index is 0. The van der Waals surface area contributed by atoms with Crippen LogP contribution in [0.2, 0.25) is 0 Å². The summed E-state index contributed by atoms with van der Waals surface area (Å²) in [7, 11) is 0. The van der Waals surface area contributed by atoms with Gasteiger partial charge in [-0.3, -0.25) is 0 Å². The highest BCUT2D eigenvalue weighted by atomic mass is 127. The molecule has 1 aromatic carbocycles. The van der Waals surface area contributed by atoms with E-state index < -0.39 is 0 Å². The summed E-state index contributed by atoms with van der Waals surface area (Å²) in [5.74, 6) is 1.01. The third-order valence-electron chi connectivity index (χ3n) is 3.17. The second-order valence-electron chi connectivity index (χ2n) is 4.79. The fourth-order valence-electron chi connectivity index (χ4n) is 2.25. The third-order valence-corrected chi connectivity index (χ3v) is 4.06. The van der Waals surface area contributed by atoms with Gasteiger partial charge in [0.25, 0.3) is 0 Å². The molecule has 0 aliphatic carbocycles. The van der Waals surface area contributed by atoms with Gasteiger partial charge in [0.15, 0.2) is 0 Å². The number of nitrogens with zero attached hydrogens (tertiary/aromatic N) is 1. The van der Waals surface area contributed by atoms with E-state index in [-0.39, 0.29) is 24.8 Å². The van der Waals surface area contributed by atoms with Gasteiger partial charge in [-0.15, -0.1) is 24.8 Å². The third kappa shape index (κ3) is 6.80. The molecule has 0 spiro atoms. The molecule has 1 N–H and O–H groups in total. The van der Waals surface area contributed by atoms with Crippen LogP contribution in [0, 0.1) is 3.57 Å². The van der Waals surface area contributed by atoms with Gasteiger partial charge in [0.1, 0.15) is 5.75 Å². The van der Waals surface area contributed by atoms with Gasteiger partial charge in [-0.1, -0.05) is 12.1 Å². The first-order valence-electron chi connectivity index (χ1n) is 6.59. The molecule has 0 radical (unpaired) electrons. The summed E-state index contributed by atoms with van der Waals surface area (Å²) in [5.41, 5.74) is 0. The van der Waals surface area contributed by atoms with E-state index in [4.69, 9.17) is 4.74 Å². The van der Waals surface area contributed by atoms with Crippen LogP contribution in [0.25, 0.3) is 0 Å². The molecule has 0 saturated carbocycles. The molecular weight excluding hydrogens is 410 g/mol. The fourth-order valence-corrected chi connectivity index (χ4v) is 2.79. The van der Waals surface area contributed by atoms with E-state index in [1.807, 2.05) is 18.2 Å². The van der Waals surface area contributed by atoms with Crippen molar-refractivity contribution >= 4 is 47.4 Å². The first kappa shape index (κ1) is 20.2. The lowest BCUT2D eigenvalue weighted by Gasteiger charge is -2.31. The highest BCUT2D eigenvalue weighted by Gasteiger charge is 2.14. The van der Waals surface area contributed by atoms with E-state index >= 15 is 0 Å². The quantitative estimate of drug-likeness (QED) is 0.571. The largest absolute Gasteiger partial charge is 0.492 e. The molecule has 20 heavy (non-hydrogen) atoms. The molecule has 6 heteroatoms. The number of benzene rings is 1. The highest BCUT2D eigenvalue weighted by Crippen LogP contribution is 2.19. The minimum absolute atomic E-state index is 0. The van der Waals surface area contributed by atoms with Crippen LogP contribution in [0.5, 0.6) is 5.75 Å². The van der Waals surface area contributed by atoms with Crippen LogP contribution in [0.15, 0.2) is 24.3 Å². The normalized spacial score (nSPS) is 18.8. The molecule has 1 aliphatic heterocycles. The molecular formula is C14H23Cl2IN2O. The molecule has 1 fully saturated rings. The lowest BCUT2D eigenvalue weighted by Crippen LogP contribution is -2.49. The fraction of sp³-hybridized carbons (Fsp3) is 0.571. The van der Waals surface area contributed by atoms with Crippen molar-refractivity contribution in [2.75, 3.05) is 32.8 Å². The summed E-state index contributed by atoms with van der Waals surface area (Å²) in [5, 5.41) is 3.46. The number of rotatable bonds is 5. The predicted octanol–water partition coefficient (Wildman–Crippen LogP) is 3.20. The van der Waals surface area contributed by atoms with Crippen LogP contribution in [-0.2, 0) is 0 Å². The second-order valence-corrected chi connectivity index (χ2v) is 5.95. The van der Waals surface area contributed by atoms with Gasteiger partial charge in [0.2, 0.25) is 0 Å². The summed E-state index contributed by atoms with van der Waals surface area (Å²) >= 11 is 2.31. The minimum Gasteiger partial charge on any atom is -0.492 e. The summed E-state index contributed by atoms with van der Waals surface area (Å²) in [4.78, 5) is 2.51. The molecule has 1 aliphatic rings. The number of halogens is 3. The zero-order valence-corrected chi connectivity index (χ0v) is 15.5. The molecule has 0 aromatic heterocycles. The molecule has 0 bridgehead atoms. The number of hydrogen-bond donors (Lipinski definition) is 1. The smallest absolute Gasteiger partial charge is 0.132 e. The zero-order chi connectivity index (χ0) is 12.8. The van der Waals surface area contributed by atoms with Crippen LogP contribution >= 0.6 is 47.4 Å². The Balaban J connectivity index is 0.00000180. The lowest BCUT2D eigenvalue weighted by atomic mass is 10.2. The van der Waals surface area contributed by atoms with Gasteiger partial charge in [0.05, 0.1) is 10.2 Å². The Labute approximate surface area is 147 Å². The van der Waals surface area contributed by atoms with Crippen molar-refractivity contribution in [1.82, 2.24) is 10.2 Å². The number of para-hydroxylation sites is 1. The first-order valence-corrected chi connectivity index (χ1v) is 7.66. The Morgan fingerprint density at radius 3 is 2.80 bits per heavy atom. The summed E-state index contributed by atoms with van der Waals surface area (Å²) in [6.07, 6.45) is 1.09. The van der Waals surface area contributed by atoms with Crippen molar-refractivity contribution in [3.63, 3.8) is 0 Å². The maximum absolute atomic E-state index is 5.80. The van der Waals surface area contributed by atoms with Crippen LogP contribution in [0.1, 0.15) is 13.3 Å². The maximum atomic E-state index is 5.80. The number of hydrogen-bond acceptors (Lipinski definition) is 3. The van der Waals surface area contributed by atoms with Crippen LogP contribution in [-0.4, -0.2) is 43.7 Å². The van der Waals surface area contributed by atoms with Gasteiger partial charge in [-0.05, 0) is 48.1 Å². The Hall–Kier alpha value is 0.250. The summed E-state index contributed by atoms with van der Waals surface area (Å²) in [6.45, 7) is 7.61. The van der Waals surface area contributed by atoms with Crippen LogP contribution in [0.3, 0.4) is 0 Å². The molecule has 1 saturated heterocycles. The van der Waals surface area contributed by atoms with Crippen molar-refractivity contribution in [2.24, 2.45) is 0 Å². The van der Waals surface area contributed by atoms with Crippen LogP contribution < -0.4 is 10.1 Å². The van der Waals surface area contributed by atoms with Gasteiger partial charge >= 0.3 is 0 Å². The van der Waals surface area contributed by atoms with E-state index in [0.29, 0.717) is 6.04 Å². The van der Waals surface area contributed by atoms with E-state index in [9.17, 15) is 0 Å². The Kier molecular flexibility index (Phi) is 11.0. The van der Waals surface area contributed by atoms with Gasteiger partial charge in [-0.25, -0.2) is 0 Å². The lowest BCUT2D eigenvalue weighted by molar-refractivity contribution is 0.189. The van der Waals surface area contributed by atoms with E-state index in [2.05, 4.69) is 45.8 Å². The van der Waals surface area contributed by atoms with Crippen molar-refractivity contribution in [3.05, 3.63) is 27.8 Å². The van der Waals surface area contributed by atoms with Crippen LogP contribution in [0.4, 0.5) is 0 Å². The maximum Gasteiger partial charge on any atom is 0.132 e. The number of ether oxygens (including phenoxy) is 1. The summed E-state index contributed by atoms with van der Waals surface area (Å²) < 4.78 is 6.99. The predicted molar refractivity (Wildman–Crippen MR) is 97.7 cm³/mol. The average molecular weight is 433 g/mol. The molecule has 0 amide bonds. The second kappa shape index (κ2) is 10.9. The molecule has 1 unspecified atom stereocenters. The molecule has 3 nitrogen and oxygen atoms in total. The standard InChI is InChI=1S/C14H21IN2O.2ClH/c1-12-11-17(9-7-16-12)8-4-10-18-14-6-3-2-5-13(14)15;;/h2-3,5-6,12,16H,4,7-11H2,1H3;2*1H. The van der Waals surface area contributed by atoms with Gasteiger partial charge in [-0.2, -0.15) is 0 Å². The Bertz CT molecular complexity index is 382. The zero-order valence-electron chi connectivity index (χ0n) is 11.7. The molecule has 1 atom stereocenters. The van der Waals surface area contributed by atoms with E-state index in [0.717, 1.165) is 45.0 Å². The molecule has 116 valence electrons. The molecule has 1 heterocycles. The monoisotopic (exact) mass is 432 g/mol. The topological polar surface area (TPSA) is 24.5 Å². The first-order chi connectivity index (χ1) is 8.75. The average Bonchev–Trinajstić information content (AvgIpc) is 2.37. The number of piperazine rings is 1. The Morgan fingerprint density at radius 1 is 1.35 bits per heavy atom. The summed E-state index contributed by atoms with van der Waals surface area (Å²) in [6, 6.07) is 8.80. The molecule has 1 aromatic rings. The van der Waals surface area contributed by atoms with Gasteiger partial charge < -0.3 is 15.0 Å². The number of nitrogens with one attached hydrogen (secondary N) is 1. The van der Waals surface area contributed by atoms with Crippen molar-refractivity contribution in [1.29, 1.82) is 0 Å². The van der Waals surface area contributed by atoms with Gasteiger partial charge in [0, 0.05) is 32.2 Å². The Morgan fingerprint density at radius 2 is 2.10 bits per heavy atom. The van der Waals surface area contributed by atoms with Crippen molar-refractivity contribution in [3.8, 4) is 5.75 Å². The van der Waals surface area contributed by atoms with E-state index in [1.54, 1.807) is 0 Å². The van der Waals surface area contributed by atoms with Crippen molar-refractivity contribution in [2.45, 2.75) is 19.4 Å². The molecule has 2 rings (SSSR count). The van der Waals surface area contributed by atoms with Crippen molar-refractivity contribution < 1.29 is 4.74 Å². The SMILES string of the molecule is CC1CN(CCCOc2ccccc2I)CCN1.Cl.Cl. The van der Waals surface area contributed by atoms with E-state index in [1.165, 1.54) is 3.57 Å².